The molecule has 2 atom stereocenters. The van der Waals surface area contributed by atoms with Crippen molar-refractivity contribution in [2.75, 3.05) is 21.0 Å². The van der Waals surface area contributed by atoms with E-state index < -0.39 is 6.04 Å². The first-order chi connectivity index (χ1) is 12.6. The molecule has 0 aromatic heterocycles. The molecule has 0 saturated carbocycles. The SMILES string of the molecule is COc1ccc(CN2C(=O)[C@@H](N)[C@H]2c2ccc3c(c2)OCO3)cc1OC. The molecule has 7 nitrogen and oxygen atoms in total. The quantitative estimate of drug-likeness (QED) is 0.823. The van der Waals surface area contributed by atoms with Crippen molar-refractivity contribution in [3.63, 3.8) is 0 Å². The molecule has 0 bridgehead atoms. The second kappa shape index (κ2) is 6.42. The number of benzene rings is 2. The summed E-state index contributed by atoms with van der Waals surface area (Å²) >= 11 is 0. The summed E-state index contributed by atoms with van der Waals surface area (Å²) in [6, 6.07) is 10.5. The molecule has 2 aliphatic rings. The Balaban J connectivity index is 1.58. The molecule has 2 aliphatic heterocycles. The van der Waals surface area contributed by atoms with E-state index in [4.69, 9.17) is 24.7 Å². The minimum absolute atomic E-state index is 0.0811. The average molecular weight is 356 g/mol. The second-order valence-electron chi connectivity index (χ2n) is 6.24. The average Bonchev–Trinajstić information content (AvgIpc) is 3.14. The molecular weight excluding hydrogens is 336 g/mol. The summed E-state index contributed by atoms with van der Waals surface area (Å²) in [6.07, 6.45) is 0. The summed E-state index contributed by atoms with van der Waals surface area (Å²) in [5.41, 5.74) is 7.95. The first kappa shape index (κ1) is 16.5. The lowest BCUT2D eigenvalue weighted by molar-refractivity contribution is -0.150. The van der Waals surface area contributed by atoms with Gasteiger partial charge in [-0.3, -0.25) is 4.79 Å². The zero-order valence-electron chi connectivity index (χ0n) is 14.6. The van der Waals surface area contributed by atoms with Gasteiger partial charge in [-0.15, -0.1) is 0 Å². The third-order valence-corrected chi connectivity index (χ3v) is 4.78. The van der Waals surface area contributed by atoms with Gasteiger partial charge in [-0.2, -0.15) is 0 Å². The molecular formula is C19H20N2O5. The molecule has 0 spiro atoms. The third-order valence-electron chi connectivity index (χ3n) is 4.78. The maximum atomic E-state index is 12.4. The van der Waals surface area contributed by atoms with Crippen molar-refractivity contribution in [3.05, 3.63) is 47.5 Å². The Labute approximate surface area is 151 Å². The smallest absolute Gasteiger partial charge is 0.242 e. The molecule has 1 fully saturated rings. The Morgan fingerprint density at radius 2 is 1.85 bits per heavy atom. The number of hydrogen-bond donors (Lipinski definition) is 1. The fourth-order valence-corrected chi connectivity index (χ4v) is 3.41. The Morgan fingerprint density at radius 1 is 1.08 bits per heavy atom. The zero-order chi connectivity index (χ0) is 18.3. The van der Waals surface area contributed by atoms with Crippen LogP contribution in [0.25, 0.3) is 0 Å². The lowest BCUT2D eigenvalue weighted by Crippen LogP contribution is -2.62. The maximum absolute atomic E-state index is 12.4. The third kappa shape index (κ3) is 2.61. The van der Waals surface area contributed by atoms with E-state index in [0.29, 0.717) is 29.5 Å². The predicted octanol–water partition coefficient (Wildman–Crippen LogP) is 1.84. The van der Waals surface area contributed by atoms with Crippen LogP contribution in [-0.4, -0.2) is 37.9 Å². The van der Waals surface area contributed by atoms with Crippen LogP contribution in [-0.2, 0) is 11.3 Å². The van der Waals surface area contributed by atoms with Gasteiger partial charge in [-0.25, -0.2) is 0 Å². The fourth-order valence-electron chi connectivity index (χ4n) is 3.41. The van der Waals surface area contributed by atoms with E-state index in [0.717, 1.165) is 11.1 Å². The fraction of sp³-hybridized carbons (Fsp3) is 0.316. The van der Waals surface area contributed by atoms with Gasteiger partial charge in [0.2, 0.25) is 12.7 Å². The van der Waals surface area contributed by atoms with Gasteiger partial charge in [0.25, 0.3) is 0 Å². The molecule has 2 aromatic rings. The van der Waals surface area contributed by atoms with Crippen molar-refractivity contribution in [2.24, 2.45) is 5.73 Å². The van der Waals surface area contributed by atoms with E-state index >= 15 is 0 Å². The van der Waals surface area contributed by atoms with Crippen molar-refractivity contribution in [2.45, 2.75) is 18.6 Å². The maximum Gasteiger partial charge on any atom is 0.242 e. The number of carbonyl (C=O) groups excluding carboxylic acids is 1. The predicted molar refractivity (Wildman–Crippen MR) is 93.4 cm³/mol. The highest BCUT2D eigenvalue weighted by molar-refractivity contribution is 5.89. The van der Waals surface area contributed by atoms with E-state index in [1.165, 1.54) is 0 Å². The largest absolute Gasteiger partial charge is 0.493 e. The minimum atomic E-state index is -0.560. The molecule has 1 amide bonds. The number of nitrogens with two attached hydrogens (primary N) is 1. The summed E-state index contributed by atoms with van der Waals surface area (Å²) < 4.78 is 21.4. The molecule has 2 aromatic carbocycles. The van der Waals surface area contributed by atoms with Gasteiger partial charge in [-0.05, 0) is 35.4 Å². The van der Waals surface area contributed by atoms with Crippen molar-refractivity contribution >= 4 is 5.91 Å². The molecule has 0 unspecified atom stereocenters. The number of hydrogen-bond acceptors (Lipinski definition) is 6. The standard InChI is InChI=1S/C19H20N2O5/c1-23-13-5-3-11(7-15(13)24-2)9-21-18(17(20)19(21)22)12-4-6-14-16(8-12)26-10-25-14/h3-8,17-18H,9-10,20H2,1-2H3/t17-,18+/m0/s1. The molecule has 4 rings (SSSR count). The van der Waals surface area contributed by atoms with E-state index in [-0.39, 0.29) is 18.7 Å². The molecule has 1 saturated heterocycles. The molecule has 2 heterocycles. The summed E-state index contributed by atoms with van der Waals surface area (Å²) in [5, 5.41) is 0. The van der Waals surface area contributed by atoms with Gasteiger partial charge < -0.3 is 29.6 Å². The second-order valence-corrected chi connectivity index (χ2v) is 6.24. The topological polar surface area (TPSA) is 83.3 Å². The van der Waals surface area contributed by atoms with Gasteiger partial charge in [-0.1, -0.05) is 12.1 Å². The number of likely N-dealkylation sites (tertiary alicyclic amines) is 1. The van der Waals surface area contributed by atoms with Crippen LogP contribution in [0, 0.1) is 0 Å². The van der Waals surface area contributed by atoms with Crippen LogP contribution < -0.4 is 24.7 Å². The normalized spacial score (nSPS) is 20.7. The molecule has 0 aliphatic carbocycles. The first-order valence-corrected chi connectivity index (χ1v) is 8.29. The van der Waals surface area contributed by atoms with Crippen molar-refractivity contribution in [1.29, 1.82) is 0 Å². The lowest BCUT2D eigenvalue weighted by atomic mass is 9.88. The van der Waals surface area contributed by atoms with Crippen molar-refractivity contribution in [1.82, 2.24) is 4.90 Å². The summed E-state index contributed by atoms with van der Waals surface area (Å²) in [5.74, 6) is 2.58. The monoisotopic (exact) mass is 356 g/mol. The van der Waals surface area contributed by atoms with Gasteiger partial charge in [0.15, 0.2) is 23.0 Å². The van der Waals surface area contributed by atoms with Gasteiger partial charge in [0.05, 0.1) is 20.3 Å². The van der Waals surface area contributed by atoms with Crippen molar-refractivity contribution < 1.29 is 23.7 Å². The van der Waals surface area contributed by atoms with E-state index in [9.17, 15) is 4.79 Å². The van der Waals surface area contributed by atoms with Gasteiger partial charge >= 0.3 is 0 Å². The van der Waals surface area contributed by atoms with Gasteiger partial charge in [0.1, 0.15) is 6.04 Å². The Kier molecular flexibility index (Phi) is 4.08. The molecule has 0 radical (unpaired) electrons. The summed E-state index contributed by atoms with van der Waals surface area (Å²) in [6.45, 7) is 0.649. The van der Waals surface area contributed by atoms with Crippen LogP contribution in [0.3, 0.4) is 0 Å². The Hall–Kier alpha value is -2.93. The number of rotatable bonds is 5. The Bertz CT molecular complexity index is 854. The molecule has 136 valence electrons. The summed E-state index contributed by atoms with van der Waals surface area (Å²) in [7, 11) is 3.17. The van der Waals surface area contributed by atoms with Crippen LogP contribution in [0.15, 0.2) is 36.4 Å². The number of ether oxygens (including phenoxy) is 4. The van der Waals surface area contributed by atoms with Crippen molar-refractivity contribution in [3.8, 4) is 23.0 Å². The van der Waals surface area contributed by atoms with Gasteiger partial charge in [0, 0.05) is 6.54 Å². The highest BCUT2D eigenvalue weighted by Gasteiger charge is 2.46. The number of fused-ring (bicyclic) bond motifs is 1. The highest BCUT2D eigenvalue weighted by Crippen LogP contribution is 2.41. The van der Waals surface area contributed by atoms with E-state index in [1.54, 1.807) is 19.1 Å². The number of nitrogens with zero attached hydrogens (tertiary/aromatic N) is 1. The zero-order valence-corrected chi connectivity index (χ0v) is 14.6. The lowest BCUT2D eigenvalue weighted by Gasteiger charge is -2.45. The molecule has 2 N–H and O–H groups in total. The number of carbonyl (C=O) groups is 1. The van der Waals surface area contributed by atoms with E-state index in [1.807, 2.05) is 36.4 Å². The molecule has 7 heteroatoms. The number of methoxy groups -OCH3 is 2. The highest BCUT2D eigenvalue weighted by atomic mass is 16.7. The van der Waals surface area contributed by atoms with Crippen LogP contribution in [0.2, 0.25) is 0 Å². The van der Waals surface area contributed by atoms with Crippen LogP contribution in [0.5, 0.6) is 23.0 Å². The number of β-lactam (4-membered cyclic amide) rings is 1. The number of amides is 1. The van der Waals surface area contributed by atoms with E-state index in [2.05, 4.69) is 0 Å². The minimum Gasteiger partial charge on any atom is -0.493 e. The van der Waals surface area contributed by atoms with Crippen LogP contribution in [0.1, 0.15) is 17.2 Å². The summed E-state index contributed by atoms with van der Waals surface area (Å²) in [4.78, 5) is 14.1. The van der Waals surface area contributed by atoms with Crippen LogP contribution in [0.4, 0.5) is 0 Å². The molecule has 26 heavy (non-hydrogen) atoms. The van der Waals surface area contributed by atoms with Crippen LogP contribution >= 0.6 is 0 Å². The first-order valence-electron chi connectivity index (χ1n) is 8.29. The Morgan fingerprint density at radius 3 is 2.62 bits per heavy atom.